The summed E-state index contributed by atoms with van der Waals surface area (Å²) >= 11 is 0. The highest BCUT2D eigenvalue weighted by atomic mass is 16.1. The summed E-state index contributed by atoms with van der Waals surface area (Å²) in [5, 5.41) is 0. The first-order chi connectivity index (χ1) is 5.24. The van der Waals surface area contributed by atoms with Gasteiger partial charge >= 0.3 is 0 Å². The van der Waals surface area contributed by atoms with E-state index in [-0.39, 0.29) is 5.69 Å². The van der Waals surface area contributed by atoms with Crippen LogP contribution in [0.25, 0.3) is 6.08 Å². The Morgan fingerprint density at radius 2 is 2.27 bits per heavy atom. The van der Waals surface area contributed by atoms with E-state index in [4.69, 9.17) is 5.73 Å². The zero-order chi connectivity index (χ0) is 8.27. The Bertz CT molecular complexity index is 278. The van der Waals surface area contributed by atoms with Crippen LogP contribution in [0.2, 0.25) is 0 Å². The third kappa shape index (κ3) is 1.61. The molecule has 0 spiro atoms. The lowest BCUT2D eigenvalue weighted by Crippen LogP contribution is -2.13. The van der Waals surface area contributed by atoms with Gasteiger partial charge in [0.05, 0.1) is 18.1 Å². The van der Waals surface area contributed by atoms with Crippen molar-refractivity contribution in [3.63, 3.8) is 0 Å². The monoisotopic (exact) mass is 149 g/mol. The molecule has 0 radical (unpaired) electrons. The molecule has 0 aromatic carbocycles. The van der Waals surface area contributed by atoms with Crippen molar-refractivity contribution in [1.29, 1.82) is 0 Å². The summed E-state index contributed by atoms with van der Waals surface area (Å²) in [4.78, 5) is 18.1. The number of rotatable bonds is 2. The summed E-state index contributed by atoms with van der Waals surface area (Å²) < 4.78 is 0. The molecule has 0 fully saturated rings. The van der Waals surface area contributed by atoms with Crippen molar-refractivity contribution in [2.45, 2.75) is 0 Å². The second-order valence-corrected chi connectivity index (χ2v) is 1.89. The van der Waals surface area contributed by atoms with Gasteiger partial charge in [-0.25, -0.2) is 4.98 Å². The van der Waals surface area contributed by atoms with Gasteiger partial charge in [-0.05, 0) is 6.08 Å². The Labute approximate surface area is 63.8 Å². The Hall–Kier alpha value is -1.71. The van der Waals surface area contributed by atoms with Crippen LogP contribution in [0.4, 0.5) is 0 Å². The van der Waals surface area contributed by atoms with Crippen molar-refractivity contribution in [1.82, 2.24) is 9.97 Å². The number of primary amides is 1. The SMILES string of the molecule is C=Cc1cnc(C(N)=O)cn1. The molecular weight excluding hydrogens is 142 g/mol. The third-order valence-corrected chi connectivity index (χ3v) is 1.13. The summed E-state index contributed by atoms with van der Waals surface area (Å²) in [6, 6.07) is 0. The van der Waals surface area contributed by atoms with Crippen molar-refractivity contribution in [3.05, 3.63) is 30.4 Å². The predicted octanol–water partition coefficient (Wildman–Crippen LogP) is 0.219. The molecule has 0 saturated heterocycles. The lowest BCUT2D eigenvalue weighted by atomic mass is 10.4. The maximum absolute atomic E-state index is 10.5. The highest BCUT2D eigenvalue weighted by molar-refractivity contribution is 5.90. The fraction of sp³-hybridized carbons (Fsp3) is 0. The van der Waals surface area contributed by atoms with Crippen molar-refractivity contribution in [2.24, 2.45) is 5.73 Å². The number of nitrogens with two attached hydrogens (primary N) is 1. The summed E-state index contributed by atoms with van der Waals surface area (Å²) in [6.07, 6.45) is 4.30. The summed E-state index contributed by atoms with van der Waals surface area (Å²) in [6.45, 7) is 3.49. The van der Waals surface area contributed by atoms with Crippen molar-refractivity contribution < 1.29 is 4.79 Å². The Kier molecular flexibility index (Phi) is 1.96. The van der Waals surface area contributed by atoms with E-state index in [2.05, 4.69) is 16.5 Å². The minimum atomic E-state index is -0.576. The number of amides is 1. The quantitative estimate of drug-likeness (QED) is 0.653. The van der Waals surface area contributed by atoms with Gasteiger partial charge < -0.3 is 5.73 Å². The van der Waals surface area contributed by atoms with Crippen LogP contribution in [0.1, 0.15) is 16.2 Å². The molecular formula is C7H7N3O. The number of hydrogen-bond acceptors (Lipinski definition) is 3. The van der Waals surface area contributed by atoms with E-state index in [9.17, 15) is 4.79 Å². The predicted molar refractivity (Wildman–Crippen MR) is 40.6 cm³/mol. The standard InChI is InChI=1S/C7H7N3O/c1-2-5-3-10-6(4-9-5)7(8)11/h2-4H,1H2,(H2,8,11). The molecule has 0 atom stereocenters. The molecule has 0 aliphatic rings. The van der Waals surface area contributed by atoms with Crippen LogP contribution in [0.5, 0.6) is 0 Å². The van der Waals surface area contributed by atoms with Gasteiger partial charge in [0.25, 0.3) is 5.91 Å². The third-order valence-electron chi connectivity index (χ3n) is 1.13. The van der Waals surface area contributed by atoms with Crippen molar-refractivity contribution in [2.75, 3.05) is 0 Å². The summed E-state index contributed by atoms with van der Waals surface area (Å²) in [7, 11) is 0. The minimum Gasteiger partial charge on any atom is -0.364 e. The van der Waals surface area contributed by atoms with Gasteiger partial charge in [-0.3, -0.25) is 9.78 Å². The molecule has 0 bridgehead atoms. The second kappa shape index (κ2) is 2.92. The minimum absolute atomic E-state index is 0.163. The summed E-state index contributed by atoms with van der Waals surface area (Å²) in [5.41, 5.74) is 5.72. The number of aromatic nitrogens is 2. The maximum Gasteiger partial charge on any atom is 0.268 e. The van der Waals surface area contributed by atoms with E-state index < -0.39 is 5.91 Å². The number of hydrogen-bond donors (Lipinski definition) is 1. The van der Waals surface area contributed by atoms with E-state index in [0.717, 1.165) is 0 Å². The highest BCUT2D eigenvalue weighted by Gasteiger charge is 1.99. The highest BCUT2D eigenvalue weighted by Crippen LogP contribution is 1.94. The molecule has 1 rings (SSSR count). The largest absolute Gasteiger partial charge is 0.364 e. The Balaban J connectivity index is 3.00. The lowest BCUT2D eigenvalue weighted by molar-refractivity contribution is 0.0995. The first-order valence-corrected chi connectivity index (χ1v) is 2.98. The zero-order valence-electron chi connectivity index (χ0n) is 5.82. The second-order valence-electron chi connectivity index (χ2n) is 1.89. The molecule has 1 aromatic rings. The smallest absolute Gasteiger partial charge is 0.268 e. The van der Waals surface area contributed by atoms with E-state index in [0.29, 0.717) is 5.69 Å². The molecule has 1 aromatic heterocycles. The van der Waals surface area contributed by atoms with Crippen LogP contribution in [-0.2, 0) is 0 Å². The molecule has 0 unspecified atom stereocenters. The fourth-order valence-corrected chi connectivity index (χ4v) is 0.571. The van der Waals surface area contributed by atoms with Gasteiger partial charge in [0.15, 0.2) is 0 Å². The Morgan fingerprint density at radius 1 is 1.55 bits per heavy atom. The Morgan fingerprint density at radius 3 is 2.64 bits per heavy atom. The van der Waals surface area contributed by atoms with E-state index in [1.165, 1.54) is 18.5 Å². The van der Waals surface area contributed by atoms with Crippen LogP contribution < -0.4 is 5.73 Å². The molecule has 56 valence electrons. The first-order valence-electron chi connectivity index (χ1n) is 2.98. The molecule has 0 aliphatic carbocycles. The van der Waals surface area contributed by atoms with Gasteiger partial charge in [0.1, 0.15) is 5.69 Å². The average molecular weight is 149 g/mol. The molecule has 1 heterocycles. The van der Waals surface area contributed by atoms with Crippen LogP contribution in [0, 0.1) is 0 Å². The van der Waals surface area contributed by atoms with Crippen LogP contribution >= 0.6 is 0 Å². The normalized spacial score (nSPS) is 9.09. The topological polar surface area (TPSA) is 68.9 Å². The van der Waals surface area contributed by atoms with E-state index in [1.807, 2.05) is 0 Å². The molecule has 4 heteroatoms. The number of carbonyl (C=O) groups excluding carboxylic acids is 1. The molecule has 2 N–H and O–H groups in total. The van der Waals surface area contributed by atoms with Gasteiger partial charge in [-0.15, -0.1) is 0 Å². The molecule has 0 aliphatic heterocycles. The lowest BCUT2D eigenvalue weighted by Gasteiger charge is -1.93. The first kappa shape index (κ1) is 7.40. The van der Waals surface area contributed by atoms with Gasteiger partial charge in [0.2, 0.25) is 0 Å². The summed E-state index contributed by atoms with van der Waals surface area (Å²) in [5.74, 6) is -0.576. The maximum atomic E-state index is 10.5. The molecule has 11 heavy (non-hydrogen) atoms. The van der Waals surface area contributed by atoms with E-state index >= 15 is 0 Å². The zero-order valence-corrected chi connectivity index (χ0v) is 5.82. The van der Waals surface area contributed by atoms with Crippen LogP contribution in [0.15, 0.2) is 19.0 Å². The number of nitrogens with zero attached hydrogens (tertiary/aromatic N) is 2. The van der Waals surface area contributed by atoms with E-state index in [1.54, 1.807) is 0 Å². The van der Waals surface area contributed by atoms with Crippen LogP contribution in [0.3, 0.4) is 0 Å². The van der Waals surface area contributed by atoms with Crippen LogP contribution in [-0.4, -0.2) is 15.9 Å². The van der Waals surface area contributed by atoms with Gasteiger partial charge in [-0.2, -0.15) is 0 Å². The molecule has 1 amide bonds. The fourth-order valence-electron chi connectivity index (χ4n) is 0.571. The van der Waals surface area contributed by atoms with Crippen molar-refractivity contribution in [3.8, 4) is 0 Å². The number of carbonyl (C=O) groups is 1. The average Bonchev–Trinajstić information content (AvgIpc) is 2.05. The van der Waals surface area contributed by atoms with Gasteiger partial charge in [0, 0.05) is 0 Å². The van der Waals surface area contributed by atoms with Gasteiger partial charge in [-0.1, -0.05) is 6.58 Å². The van der Waals surface area contributed by atoms with Crippen molar-refractivity contribution >= 4 is 12.0 Å². The molecule has 0 saturated carbocycles. The molecule has 4 nitrogen and oxygen atoms in total.